The van der Waals surface area contributed by atoms with Crippen molar-refractivity contribution in [2.24, 2.45) is 0 Å². The maximum Gasteiger partial charge on any atom is 0.134 e. The van der Waals surface area contributed by atoms with Gasteiger partial charge in [0.15, 0.2) is 0 Å². The molecule has 0 amide bonds. The first-order valence-corrected chi connectivity index (χ1v) is 6.96. The summed E-state index contributed by atoms with van der Waals surface area (Å²) in [5, 5.41) is 4.34. The Balaban J connectivity index is 1.78. The number of furan rings is 1. The van der Waals surface area contributed by atoms with Crippen molar-refractivity contribution < 1.29 is 8.81 Å². The second kappa shape index (κ2) is 5.21. The Kier molecular flexibility index (Phi) is 3.42. The van der Waals surface area contributed by atoms with Crippen LogP contribution in [0.4, 0.5) is 10.1 Å². The third-order valence-corrected chi connectivity index (χ3v) is 3.75. The van der Waals surface area contributed by atoms with E-state index in [1.165, 1.54) is 12.1 Å². The molecule has 2 aromatic carbocycles. The summed E-state index contributed by atoms with van der Waals surface area (Å²) in [6.07, 6.45) is 0. The topological polar surface area (TPSA) is 25.2 Å². The Morgan fingerprint density at radius 1 is 1.11 bits per heavy atom. The van der Waals surface area contributed by atoms with E-state index in [-0.39, 0.29) is 5.82 Å². The molecule has 0 bridgehead atoms. The predicted molar refractivity (Wildman–Crippen MR) is 82.7 cm³/mol. The van der Waals surface area contributed by atoms with Crippen LogP contribution in [0.3, 0.4) is 0 Å². The first-order chi connectivity index (χ1) is 9.22. The van der Waals surface area contributed by atoms with Gasteiger partial charge in [-0.3, -0.25) is 0 Å². The Hall–Kier alpha value is -1.56. The lowest BCUT2D eigenvalue weighted by Crippen LogP contribution is -2.00. The Morgan fingerprint density at radius 2 is 1.95 bits per heavy atom. The van der Waals surface area contributed by atoms with Crippen LogP contribution in [-0.2, 0) is 6.54 Å². The number of nitrogens with one attached hydrogen (secondary N) is 1. The summed E-state index contributed by atoms with van der Waals surface area (Å²) in [7, 11) is 0. The predicted octanol–water partition coefficient (Wildman–Crippen LogP) is 4.79. The van der Waals surface area contributed by atoms with Crippen LogP contribution < -0.4 is 5.32 Å². The molecule has 0 fully saturated rings. The molecule has 0 saturated heterocycles. The zero-order valence-corrected chi connectivity index (χ0v) is 12.1. The molecule has 0 aliphatic carbocycles. The molecule has 3 rings (SSSR count). The van der Waals surface area contributed by atoms with Gasteiger partial charge in [0, 0.05) is 14.6 Å². The van der Waals surface area contributed by atoms with Gasteiger partial charge in [-0.1, -0.05) is 18.2 Å². The van der Waals surface area contributed by atoms with Gasteiger partial charge < -0.3 is 9.73 Å². The van der Waals surface area contributed by atoms with Crippen molar-refractivity contribution in [3.63, 3.8) is 0 Å². The van der Waals surface area contributed by atoms with Crippen LogP contribution in [-0.4, -0.2) is 0 Å². The van der Waals surface area contributed by atoms with Gasteiger partial charge in [-0.2, -0.15) is 0 Å². The first kappa shape index (κ1) is 12.5. The Morgan fingerprint density at radius 3 is 2.74 bits per heavy atom. The van der Waals surface area contributed by atoms with E-state index in [9.17, 15) is 4.39 Å². The molecule has 0 spiro atoms. The minimum atomic E-state index is -0.223. The van der Waals surface area contributed by atoms with Gasteiger partial charge in [0.25, 0.3) is 0 Å². The highest BCUT2D eigenvalue weighted by Crippen LogP contribution is 2.22. The number of fused-ring (bicyclic) bond motifs is 1. The fraction of sp³-hybridized carbons (Fsp3) is 0.0667. The molecule has 1 heterocycles. The van der Waals surface area contributed by atoms with E-state index in [1.807, 2.05) is 30.3 Å². The van der Waals surface area contributed by atoms with Crippen molar-refractivity contribution in [1.82, 2.24) is 0 Å². The highest BCUT2D eigenvalue weighted by Gasteiger charge is 2.05. The van der Waals surface area contributed by atoms with E-state index in [2.05, 4.69) is 27.9 Å². The van der Waals surface area contributed by atoms with Crippen molar-refractivity contribution in [2.45, 2.75) is 6.54 Å². The third-order valence-electron chi connectivity index (χ3n) is 2.86. The molecule has 0 atom stereocenters. The largest absolute Gasteiger partial charge is 0.459 e. The van der Waals surface area contributed by atoms with Gasteiger partial charge in [-0.25, -0.2) is 4.39 Å². The van der Waals surface area contributed by atoms with Crippen molar-refractivity contribution in [2.75, 3.05) is 5.32 Å². The van der Waals surface area contributed by atoms with E-state index >= 15 is 0 Å². The average molecular weight is 367 g/mol. The summed E-state index contributed by atoms with van der Waals surface area (Å²) >= 11 is 2.11. The fourth-order valence-electron chi connectivity index (χ4n) is 1.94. The summed E-state index contributed by atoms with van der Waals surface area (Å²) < 4.78 is 19.6. The monoisotopic (exact) mass is 367 g/mol. The fourth-order valence-corrected chi connectivity index (χ4v) is 2.61. The molecule has 0 radical (unpaired) electrons. The molecule has 0 unspecified atom stereocenters. The minimum Gasteiger partial charge on any atom is -0.459 e. The maximum atomic E-state index is 13.0. The van der Waals surface area contributed by atoms with Crippen molar-refractivity contribution in [3.05, 3.63) is 63.7 Å². The van der Waals surface area contributed by atoms with E-state index in [4.69, 9.17) is 4.42 Å². The highest BCUT2D eigenvalue weighted by molar-refractivity contribution is 14.1. The lowest BCUT2D eigenvalue weighted by molar-refractivity contribution is 0.559. The quantitative estimate of drug-likeness (QED) is 0.674. The number of rotatable bonds is 3. The molecule has 1 aromatic heterocycles. The van der Waals surface area contributed by atoms with Crippen LogP contribution >= 0.6 is 22.6 Å². The molecule has 3 aromatic rings. The molecule has 19 heavy (non-hydrogen) atoms. The van der Waals surface area contributed by atoms with Crippen LogP contribution in [0, 0.1) is 9.39 Å². The summed E-state index contributed by atoms with van der Waals surface area (Å²) in [4.78, 5) is 0. The van der Waals surface area contributed by atoms with Crippen LogP contribution in [0.5, 0.6) is 0 Å². The Labute approximate surface area is 123 Å². The maximum absolute atomic E-state index is 13.0. The molecule has 1 N–H and O–H groups in total. The normalized spacial score (nSPS) is 10.8. The number of benzene rings is 2. The van der Waals surface area contributed by atoms with Crippen LogP contribution in [0.15, 0.2) is 52.9 Å². The Bertz CT molecular complexity index is 690. The molecule has 96 valence electrons. The van der Waals surface area contributed by atoms with Gasteiger partial charge in [0.05, 0.1) is 6.54 Å². The highest BCUT2D eigenvalue weighted by atomic mass is 127. The summed E-state index contributed by atoms with van der Waals surface area (Å²) in [6.45, 7) is 0.580. The number of para-hydroxylation sites is 1. The first-order valence-electron chi connectivity index (χ1n) is 5.89. The second-order valence-corrected chi connectivity index (χ2v) is 5.39. The molecule has 4 heteroatoms. The molecular weight excluding hydrogens is 356 g/mol. The summed E-state index contributed by atoms with van der Waals surface area (Å²) in [5.74, 6) is 0.639. The standard InChI is InChI=1S/C15H11FINO/c16-11-5-6-14(13(17)8-11)18-9-12-7-10-3-1-2-4-15(10)19-12/h1-8,18H,9H2. The van der Waals surface area contributed by atoms with E-state index < -0.39 is 0 Å². The number of halogens is 2. The molecule has 0 saturated carbocycles. The zero-order valence-electron chi connectivity index (χ0n) is 9.99. The van der Waals surface area contributed by atoms with E-state index in [1.54, 1.807) is 6.07 Å². The van der Waals surface area contributed by atoms with E-state index in [0.717, 1.165) is 26.0 Å². The lowest BCUT2D eigenvalue weighted by atomic mass is 10.2. The molecule has 2 nitrogen and oxygen atoms in total. The molecular formula is C15H11FINO. The lowest BCUT2D eigenvalue weighted by Gasteiger charge is -2.06. The van der Waals surface area contributed by atoms with Crippen molar-refractivity contribution in [3.8, 4) is 0 Å². The van der Waals surface area contributed by atoms with Crippen LogP contribution in [0.1, 0.15) is 5.76 Å². The van der Waals surface area contributed by atoms with E-state index in [0.29, 0.717) is 6.54 Å². The minimum absolute atomic E-state index is 0.223. The number of hydrogen-bond donors (Lipinski definition) is 1. The van der Waals surface area contributed by atoms with Crippen molar-refractivity contribution in [1.29, 1.82) is 0 Å². The van der Waals surface area contributed by atoms with Crippen LogP contribution in [0.25, 0.3) is 11.0 Å². The summed E-state index contributed by atoms with van der Waals surface area (Å²) in [6, 6.07) is 14.6. The van der Waals surface area contributed by atoms with Gasteiger partial charge in [-0.15, -0.1) is 0 Å². The third kappa shape index (κ3) is 2.73. The number of hydrogen-bond acceptors (Lipinski definition) is 2. The SMILES string of the molecule is Fc1ccc(NCc2cc3ccccc3o2)c(I)c1. The van der Waals surface area contributed by atoms with Gasteiger partial charge in [0.2, 0.25) is 0 Å². The zero-order chi connectivity index (χ0) is 13.2. The second-order valence-electron chi connectivity index (χ2n) is 4.23. The summed E-state index contributed by atoms with van der Waals surface area (Å²) in [5.41, 5.74) is 1.79. The van der Waals surface area contributed by atoms with Crippen molar-refractivity contribution >= 4 is 39.2 Å². The average Bonchev–Trinajstić information content (AvgIpc) is 2.80. The van der Waals surface area contributed by atoms with Gasteiger partial charge in [0.1, 0.15) is 17.2 Å². The van der Waals surface area contributed by atoms with Gasteiger partial charge in [-0.05, 0) is 52.9 Å². The molecule has 0 aliphatic rings. The number of anilines is 1. The molecule has 0 aliphatic heterocycles. The van der Waals surface area contributed by atoms with Gasteiger partial charge >= 0.3 is 0 Å². The van der Waals surface area contributed by atoms with Crippen LogP contribution in [0.2, 0.25) is 0 Å². The smallest absolute Gasteiger partial charge is 0.134 e.